The molecular formula is C34H64O5. The fraction of sp³-hybridized carbons (Fsp3) is 1.00. The Kier molecular flexibility index (Phi) is 16.3. The summed E-state index contributed by atoms with van der Waals surface area (Å²) in [6.07, 6.45) is 27.5. The zero-order valence-corrected chi connectivity index (χ0v) is 26.2. The van der Waals surface area contributed by atoms with E-state index in [2.05, 4.69) is 20.8 Å². The number of ether oxygens (including phenoxy) is 5. The Labute approximate surface area is 241 Å². The highest BCUT2D eigenvalue weighted by Crippen LogP contribution is 2.45. The molecule has 0 N–H and O–H groups in total. The van der Waals surface area contributed by atoms with E-state index in [1.807, 2.05) is 0 Å². The summed E-state index contributed by atoms with van der Waals surface area (Å²) in [6.45, 7) is 8.03. The van der Waals surface area contributed by atoms with Gasteiger partial charge in [0.25, 0.3) is 5.79 Å². The van der Waals surface area contributed by atoms with Crippen LogP contribution >= 0.6 is 0 Å². The van der Waals surface area contributed by atoms with Crippen molar-refractivity contribution in [2.45, 2.75) is 205 Å². The van der Waals surface area contributed by atoms with Crippen LogP contribution in [-0.4, -0.2) is 43.3 Å². The van der Waals surface area contributed by atoms with Gasteiger partial charge in [0.15, 0.2) is 0 Å². The van der Waals surface area contributed by atoms with E-state index in [-0.39, 0.29) is 18.3 Å². The van der Waals surface area contributed by atoms with Crippen LogP contribution in [0.3, 0.4) is 0 Å². The van der Waals surface area contributed by atoms with E-state index in [9.17, 15) is 0 Å². The van der Waals surface area contributed by atoms with E-state index >= 15 is 0 Å². The first-order chi connectivity index (χ1) is 19.2. The van der Waals surface area contributed by atoms with E-state index in [0.717, 1.165) is 77.0 Å². The Bertz CT molecular complexity index is 532. The summed E-state index contributed by atoms with van der Waals surface area (Å²) in [5, 5.41) is 0. The van der Waals surface area contributed by atoms with E-state index in [0.29, 0.717) is 13.2 Å². The minimum Gasteiger partial charge on any atom is -0.343 e. The molecule has 0 bridgehead atoms. The van der Waals surface area contributed by atoms with E-state index in [1.54, 1.807) is 0 Å². The molecule has 3 aliphatic rings. The third kappa shape index (κ3) is 10.9. The van der Waals surface area contributed by atoms with Gasteiger partial charge in [0.05, 0.1) is 31.5 Å². The number of rotatable bonds is 20. The van der Waals surface area contributed by atoms with E-state index in [4.69, 9.17) is 23.7 Å². The van der Waals surface area contributed by atoms with E-state index in [1.165, 1.54) is 77.0 Å². The highest BCUT2D eigenvalue weighted by molar-refractivity contribution is 4.89. The van der Waals surface area contributed by atoms with Gasteiger partial charge in [0.1, 0.15) is 0 Å². The Balaban J connectivity index is 2.04. The van der Waals surface area contributed by atoms with Crippen molar-refractivity contribution in [2.24, 2.45) is 0 Å². The average Bonchev–Trinajstić information content (AvgIpc) is 2.97. The molecular weight excluding hydrogens is 488 g/mol. The van der Waals surface area contributed by atoms with Crippen LogP contribution in [0.5, 0.6) is 0 Å². The molecule has 0 atom stereocenters. The first-order valence-electron chi connectivity index (χ1n) is 17.5. The molecule has 5 nitrogen and oxygen atoms in total. The van der Waals surface area contributed by atoms with Crippen molar-refractivity contribution in [1.29, 1.82) is 0 Å². The molecule has 0 unspecified atom stereocenters. The Morgan fingerprint density at radius 2 is 0.846 bits per heavy atom. The summed E-state index contributed by atoms with van der Waals surface area (Å²) < 4.78 is 35.8. The summed E-state index contributed by atoms with van der Waals surface area (Å²) >= 11 is 0. The Hall–Kier alpha value is -0.200. The van der Waals surface area contributed by atoms with Gasteiger partial charge in [-0.05, 0) is 57.8 Å². The third-order valence-electron chi connectivity index (χ3n) is 9.11. The quantitative estimate of drug-likeness (QED) is 0.111. The molecule has 39 heavy (non-hydrogen) atoms. The van der Waals surface area contributed by atoms with Crippen molar-refractivity contribution in [3.63, 3.8) is 0 Å². The summed E-state index contributed by atoms with van der Waals surface area (Å²) in [5.41, 5.74) is 0. The lowest BCUT2D eigenvalue weighted by atomic mass is 9.95. The number of hydrogen-bond acceptors (Lipinski definition) is 5. The van der Waals surface area contributed by atoms with Gasteiger partial charge in [-0.25, -0.2) is 0 Å². The lowest BCUT2D eigenvalue weighted by molar-refractivity contribution is -0.523. The molecule has 0 amide bonds. The molecule has 0 aliphatic heterocycles. The average molecular weight is 553 g/mol. The van der Waals surface area contributed by atoms with Crippen molar-refractivity contribution in [1.82, 2.24) is 0 Å². The zero-order valence-electron chi connectivity index (χ0n) is 26.2. The van der Waals surface area contributed by atoms with Crippen LogP contribution in [-0.2, 0) is 23.7 Å². The van der Waals surface area contributed by atoms with Gasteiger partial charge in [-0.2, -0.15) is 0 Å². The predicted octanol–water partition coefficient (Wildman–Crippen LogP) is 9.99. The summed E-state index contributed by atoms with van der Waals surface area (Å²) in [5.74, 6) is -2.36. The van der Waals surface area contributed by atoms with Gasteiger partial charge in [-0.1, -0.05) is 111 Å². The second-order valence-electron chi connectivity index (χ2n) is 12.7. The first-order valence-corrected chi connectivity index (χ1v) is 17.5. The third-order valence-corrected chi connectivity index (χ3v) is 9.11. The fourth-order valence-corrected chi connectivity index (χ4v) is 6.62. The maximum absolute atomic E-state index is 7.27. The van der Waals surface area contributed by atoms with Crippen molar-refractivity contribution in [3.05, 3.63) is 0 Å². The Morgan fingerprint density at radius 1 is 0.462 bits per heavy atom. The molecule has 0 spiro atoms. The molecule has 230 valence electrons. The number of unbranched alkanes of at least 4 members (excludes halogenated alkanes) is 5. The minimum absolute atomic E-state index is 0.130. The van der Waals surface area contributed by atoms with Gasteiger partial charge >= 0.3 is 5.97 Å². The normalized spacial score (nSPS) is 21.0. The molecule has 3 saturated carbocycles. The monoisotopic (exact) mass is 552 g/mol. The van der Waals surface area contributed by atoms with Crippen LogP contribution in [0.15, 0.2) is 0 Å². The fourth-order valence-electron chi connectivity index (χ4n) is 6.62. The molecule has 0 aromatic rings. The molecule has 0 radical (unpaired) electrons. The predicted molar refractivity (Wildman–Crippen MR) is 160 cm³/mol. The van der Waals surface area contributed by atoms with Crippen molar-refractivity contribution < 1.29 is 23.7 Å². The van der Waals surface area contributed by atoms with Gasteiger partial charge in [-0.3, -0.25) is 0 Å². The van der Waals surface area contributed by atoms with Crippen LogP contribution in [0.25, 0.3) is 0 Å². The molecule has 3 fully saturated rings. The summed E-state index contributed by atoms with van der Waals surface area (Å²) in [7, 11) is 0. The maximum atomic E-state index is 7.27. The molecule has 0 saturated heterocycles. The van der Waals surface area contributed by atoms with Gasteiger partial charge in [0.2, 0.25) is 0 Å². The van der Waals surface area contributed by atoms with Crippen LogP contribution in [0, 0.1) is 0 Å². The van der Waals surface area contributed by atoms with Gasteiger partial charge in [0, 0.05) is 6.42 Å². The molecule has 3 aliphatic carbocycles. The summed E-state index contributed by atoms with van der Waals surface area (Å²) in [4.78, 5) is 0. The highest BCUT2D eigenvalue weighted by atomic mass is 16.9. The standard InChI is InChI=1S/C34H64O5/c1-4-7-10-20-27-33(35-28-8-5-2,36-29-9-6-3)34(37-30-21-14-11-15-22-30,38-31-23-16-12-17-24-31)39-32-25-18-13-19-26-32/h30-32H,4-29H2,1-3H3. The second kappa shape index (κ2) is 19.1. The highest BCUT2D eigenvalue weighted by Gasteiger charge is 2.61. The zero-order chi connectivity index (χ0) is 27.7. The molecule has 0 heterocycles. The second-order valence-corrected chi connectivity index (χ2v) is 12.7. The number of hydrogen-bond donors (Lipinski definition) is 0. The van der Waals surface area contributed by atoms with Crippen molar-refractivity contribution in [3.8, 4) is 0 Å². The lowest BCUT2D eigenvalue weighted by Crippen LogP contribution is -2.66. The van der Waals surface area contributed by atoms with Crippen molar-refractivity contribution in [2.75, 3.05) is 13.2 Å². The van der Waals surface area contributed by atoms with Crippen LogP contribution < -0.4 is 0 Å². The minimum atomic E-state index is -1.31. The largest absolute Gasteiger partial charge is 0.343 e. The van der Waals surface area contributed by atoms with E-state index < -0.39 is 11.8 Å². The van der Waals surface area contributed by atoms with Crippen LogP contribution in [0.2, 0.25) is 0 Å². The first kappa shape index (κ1) is 33.3. The van der Waals surface area contributed by atoms with Gasteiger partial charge in [-0.15, -0.1) is 0 Å². The maximum Gasteiger partial charge on any atom is 0.341 e. The van der Waals surface area contributed by atoms with Gasteiger partial charge < -0.3 is 23.7 Å². The topological polar surface area (TPSA) is 46.2 Å². The smallest absolute Gasteiger partial charge is 0.341 e. The van der Waals surface area contributed by atoms with Crippen LogP contribution in [0.4, 0.5) is 0 Å². The molecule has 3 rings (SSSR count). The van der Waals surface area contributed by atoms with Crippen molar-refractivity contribution >= 4 is 0 Å². The van der Waals surface area contributed by atoms with Crippen LogP contribution in [0.1, 0.15) is 175 Å². The molecule has 5 heteroatoms. The Morgan fingerprint density at radius 3 is 1.21 bits per heavy atom. The lowest BCUT2D eigenvalue weighted by Gasteiger charge is -2.52. The molecule has 0 aromatic heterocycles. The SMILES string of the molecule is CCCCCCC(OCCCC)(OCCCC)C(OC1CCCCC1)(OC1CCCCC1)OC1CCCCC1. The molecule has 0 aromatic carbocycles. The summed E-state index contributed by atoms with van der Waals surface area (Å²) in [6, 6.07) is 0.